The zero-order valence-electron chi connectivity index (χ0n) is 18.0. The predicted molar refractivity (Wildman–Crippen MR) is 116 cm³/mol. The van der Waals surface area contributed by atoms with Gasteiger partial charge < -0.3 is 10.1 Å². The van der Waals surface area contributed by atoms with Crippen LogP contribution in [0, 0.1) is 0 Å². The maximum atomic E-state index is 12.9. The van der Waals surface area contributed by atoms with Gasteiger partial charge in [-0.05, 0) is 45.4 Å². The summed E-state index contributed by atoms with van der Waals surface area (Å²) in [5.41, 5.74) is 0.306. The molecule has 0 radical (unpaired) electrons. The number of nitrogens with zero attached hydrogens (tertiary/aromatic N) is 2. The van der Waals surface area contributed by atoms with E-state index in [0.717, 1.165) is 56.0 Å². The van der Waals surface area contributed by atoms with Gasteiger partial charge in [0, 0.05) is 29.8 Å². The molecule has 1 atom stereocenters. The molecule has 0 aliphatic heterocycles. The van der Waals surface area contributed by atoms with Crippen LogP contribution in [-0.4, -0.2) is 42.7 Å². The van der Waals surface area contributed by atoms with Crippen LogP contribution in [0.25, 0.3) is 0 Å². The van der Waals surface area contributed by atoms with E-state index in [1.54, 1.807) is 13.1 Å². The summed E-state index contributed by atoms with van der Waals surface area (Å²) < 4.78 is 28.9. The standard InChI is InChI=1S/C22H33N3O4S/c1-16(13-14-30(2,27)28)24-21(26)19-15-23-20(17-9-7-8-10-17)25-22(19)29-18-11-5-3-4-6-12-18/h13-18H,3-12H2,1-2H3,(H,24,26). The molecule has 7 nitrogen and oxygen atoms in total. The molecule has 30 heavy (non-hydrogen) atoms. The van der Waals surface area contributed by atoms with Crippen LogP contribution in [0.15, 0.2) is 17.7 Å². The van der Waals surface area contributed by atoms with Gasteiger partial charge in [0.15, 0.2) is 9.84 Å². The zero-order chi connectivity index (χ0) is 21.6. The van der Waals surface area contributed by atoms with Gasteiger partial charge in [0.05, 0.1) is 0 Å². The molecule has 1 heterocycles. The molecule has 2 fully saturated rings. The molecule has 3 rings (SSSR count). The highest BCUT2D eigenvalue weighted by atomic mass is 32.2. The van der Waals surface area contributed by atoms with Crippen molar-refractivity contribution in [1.82, 2.24) is 15.3 Å². The minimum absolute atomic E-state index is 0.0629. The summed E-state index contributed by atoms with van der Waals surface area (Å²) in [5.74, 6) is 1.09. The normalized spacial score (nSPS) is 20.2. The molecule has 2 saturated carbocycles. The average Bonchev–Trinajstić information content (AvgIpc) is 3.11. The monoisotopic (exact) mass is 435 g/mol. The van der Waals surface area contributed by atoms with Gasteiger partial charge in [-0.25, -0.2) is 13.4 Å². The summed E-state index contributed by atoms with van der Waals surface area (Å²) in [4.78, 5) is 22.1. The van der Waals surface area contributed by atoms with Gasteiger partial charge in [-0.2, -0.15) is 4.98 Å². The van der Waals surface area contributed by atoms with E-state index >= 15 is 0 Å². The number of aromatic nitrogens is 2. The Balaban J connectivity index is 1.80. The van der Waals surface area contributed by atoms with E-state index < -0.39 is 15.9 Å². The molecule has 0 saturated heterocycles. The van der Waals surface area contributed by atoms with Gasteiger partial charge in [-0.3, -0.25) is 4.79 Å². The van der Waals surface area contributed by atoms with Crippen LogP contribution < -0.4 is 10.1 Å². The summed E-state index contributed by atoms with van der Waals surface area (Å²) in [6, 6.07) is -0.451. The number of hydrogen-bond donors (Lipinski definition) is 1. The summed E-state index contributed by atoms with van der Waals surface area (Å²) in [6.45, 7) is 1.72. The largest absolute Gasteiger partial charge is 0.474 e. The van der Waals surface area contributed by atoms with Crippen molar-refractivity contribution in [2.75, 3.05) is 6.26 Å². The third kappa shape index (κ3) is 6.79. The maximum absolute atomic E-state index is 12.9. The quantitative estimate of drug-likeness (QED) is 0.652. The summed E-state index contributed by atoms with van der Waals surface area (Å²) >= 11 is 0. The third-order valence-electron chi connectivity index (χ3n) is 5.79. The molecule has 0 spiro atoms. The number of ether oxygens (including phenoxy) is 1. The smallest absolute Gasteiger partial charge is 0.258 e. The fraction of sp³-hybridized carbons (Fsp3) is 0.682. The van der Waals surface area contributed by atoms with E-state index in [-0.39, 0.29) is 12.0 Å². The summed E-state index contributed by atoms with van der Waals surface area (Å²) in [7, 11) is -3.25. The van der Waals surface area contributed by atoms with Crippen LogP contribution in [0.1, 0.15) is 93.2 Å². The lowest BCUT2D eigenvalue weighted by atomic mass is 10.1. The van der Waals surface area contributed by atoms with Crippen molar-refractivity contribution in [3.63, 3.8) is 0 Å². The van der Waals surface area contributed by atoms with Gasteiger partial charge in [0.1, 0.15) is 17.5 Å². The SMILES string of the molecule is CC(C=CS(C)(=O)=O)NC(=O)c1cnc(C2CCCC2)nc1OC1CCCCCC1. The van der Waals surface area contributed by atoms with Crippen molar-refractivity contribution in [1.29, 1.82) is 0 Å². The van der Waals surface area contributed by atoms with E-state index in [4.69, 9.17) is 4.74 Å². The van der Waals surface area contributed by atoms with Gasteiger partial charge in [-0.15, -0.1) is 0 Å². The number of carbonyl (C=O) groups is 1. The Morgan fingerprint density at radius 2 is 1.77 bits per heavy atom. The first-order valence-corrected chi connectivity index (χ1v) is 13.0. The maximum Gasteiger partial charge on any atom is 0.258 e. The fourth-order valence-corrected chi connectivity index (χ4v) is 4.64. The molecule has 8 heteroatoms. The molecular weight excluding hydrogens is 402 g/mol. The van der Waals surface area contributed by atoms with E-state index in [1.807, 2.05) is 0 Å². The molecule has 166 valence electrons. The van der Waals surface area contributed by atoms with Crippen LogP contribution in [-0.2, 0) is 9.84 Å². The Morgan fingerprint density at radius 3 is 2.40 bits per heavy atom. The topological polar surface area (TPSA) is 98.2 Å². The summed E-state index contributed by atoms with van der Waals surface area (Å²) in [6.07, 6.45) is 15.3. The highest BCUT2D eigenvalue weighted by Gasteiger charge is 2.25. The lowest BCUT2D eigenvalue weighted by Crippen LogP contribution is -2.32. The Kier molecular flexibility index (Phi) is 7.86. The van der Waals surface area contributed by atoms with Crippen molar-refractivity contribution in [2.24, 2.45) is 0 Å². The molecular formula is C22H33N3O4S. The van der Waals surface area contributed by atoms with Crippen LogP contribution in [0.3, 0.4) is 0 Å². The second kappa shape index (κ2) is 10.4. The number of hydrogen-bond acceptors (Lipinski definition) is 6. The van der Waals surface area contributed by atoms with E-state index in [0.29, 0.717) is 17.4 Å². The van der Waals surface area contributed by atoms with E-state index in [2.05, 4.69) is 15.3 Å². The first kappa shape index (κ1) is 22.7. The van der Waals surface area contributed by atoms with Gasteiger partial charge >= 0.3 is 0 Å². The lowest BCUT2D eigenvalue weighted by Gasteiger charge is -2.20. The van der Waals surface area contributed by atoms with E-state index in [1.165, 1.54) is 31.8 Å². The van der Waals surface area contributed by atoms with Gasteiger partial charge in [-0.1, -0.05) is 31.8 Å². The molecule has 0 bridgehead atoms. The molecule has 1 aromatic heterocycles. The molecule has 1 unspecified atom stereocenters. The number of sulfone groups is 1. The zero-order valence-corrected chi connectivity index (χ0v) is 18.8. The van der Waals surface area contributed by atoms with Gasteiger partial charge in [0.25, 0.3) is 5.91 Å². The molecule has 1 amide bonds. The highest BCUT2D eigenvalue weighted by molar-refractivity contribution is 7.93. The van der Waals surface area contributed by atoms with Crippen LogP contribution in [0.2, 0.25) is 0 Å². The van der Waals surface area contributed by atoms with Crippen molar-refractivity contribution >= 4 is 15.7 Å². The van der Waals surface area contributed by atoms with Crippen molar-refractivity contribution in [2.45, 2.75) is 89.2 Å². The second-order valence-corrected chi connectivity index (χ2v) is 10.5. The van der Waals surface area contributed by atoms with Crippen LogP contribution in [0.5, 0.6) is 5.88 Å². The van der Waals surface area contributed by atoms with Crippen LogP contribution in [0.4, 0.5) is 0 Å². The molecule has 1 aromatic rings. The predicted octanol–water partition coefficient (Wildman–Crippen LogP) is 3.91. The molecule has 0 aromatic carbocycles. The number of rotatable bonds is 7. The first-order chi connectivity index (χ1) is 14.3. The minimum Gasteiger partial charge on any atom is -0.474 e. The number of amides is 1. The van der Waals surface area contributed by atoms with Gasteiger partial charge in [0.2, 0.25) is 5.88 Å². The minimum atomic E-state index is -3.25. The fourth-order valence-electron chi connectivity index (χ4n) is 4.12. The Bertz CT molecular complexity index is 855. The molecule has 1 N–H and O–H groups in total. The first-order valence-electron chi connectivity index (χ1n) is 11.0. The third-order valence-corrected chi connectivity index (χ3v) is 6.44. The average molecular weight is 436 g/mol. The van der Waals surface area contributed by atoms with E-state index in [9.17, 15) is 13.2 Å². The number of carbonyl (C=O) groups excluding carboxylic acids is 1. The number of nitrogens with one attached hydrogen (secondary N) is 1. The highest BCUT2D eigenvalue weighted by Crippen LogP contribution is 2.33. The molecule has 2 aliphatic carbocycles. The van der Waals surface area contributed by atoms with Crippen molar-refractivity contribution in [3.05, 3.63) is 29.1 Å². The van der Waals surface area contributed by atoms with Crippen molar-refractivity contribution in [3.8, 4) is 5.88 Å². The Labute approximate surface area is 179 Å². The van der Waals surface area contributed by atoms with Crippen LogP contribution >= 0.6 is 0 Å². The van der Waals surface area contributed by atoms with Crippen molar-refractivity contribution < 1.29 is 17.9 Å². The lowest BCUT2D eigenvalue weighted by molar-refractivity contribution is 0.0935. The second-order valence-electron chi connectivity index (χ2n) is 8.58. The molecule has 2 aliphatic rings. The Morgan fingerprint density at radius 1 is 1.13 bits per heavy atom. The summed E-state index contributed by atoms with van der Waals surface area (Å²) in [5, 5.41) is 3.90. The Hall–Kier alpha value is -1.96.